The molecule has 5 nitrogen and oxygen atoms in total. The van der Waals surface area contributed by atoms with E-state index in [0.717, 1.165) is 24.6 Å². The van der Waals surface area contributed by atoms with Gasteiger partial charge in [-0.3, -0.25) is 4.79 Å². The Morgan fingerprint density at radius 3 is 2.65 bits per heavy atom. The van der Waals surface area contributed by atoms with Crippen molar-refractivity contribution in [2.24, 2.45) is 0 Å². The number of hydrogen-bond donors (Lipinski definition) is 0. The standard InChI is InChI=1S/C14H16N4OS/c1-11-10-20-13(16-11)14(19)18-8-6-17(7-9-18)12-4-2-3-5-15-12/h2-5,10H,6-9H2,1H3. The van der Waals surface area contributed by atoms with Crippen LogP contribution in [0.1, 0.15) is 15.5 Å². The van der Waals surface area contributed by atoms with E-state index in [0.29, 0.717) is 18.1 Å². The van der Waals surface area contributed by atoms with Crippen LogP contribution in [-0.2, 0) is 0 Å². The van der Waals surface area contributed by atoms with Gasteiger partial charge in [0.05, 0.1) is 0 Å². The van der Waals surface area contributed by atoms with E-state index in [9.17, 15) is 4.79 Å². The monoisotopic (exact) mass is 288 g/mol. The summed E-state index contributed by atoms with van der Waals surface area (Å²) in [5, 5.41) is 2.51. The van der Waals surface area contributed by atoms with Crippen molar-refractivity contribution in [2.75, 3.05) is 31.1 Å². The van der Waals surface area contributed by atoms with Crippen molar-refractivity contribution in [3.8, 4) is 0 Å². The van der Waals surface area contributed by atoms with Crippen LogP contribution in [0.15, 0.2) is 29.8 Å². The number of rotatable bonds is 2. The quantitative estimate of drug-likeness (QED) is 0.845. The number of aromatic nitrogens is 2. The van der Waals surface area contributed by atoms with Crippen LogP contribution in [0, 0.1) is 6.92 Å². The molecule has 1 fully saturated rings. The van der Waals surface area contributed by atoms with Crippen LogP contribution in [0.25, 0.3) is 0 Å². The average Bonchev–Trinajstić information content (AvgIpc) is 2.94. The van der Waals surface area contributed by atoms with Crippen LogP contribution in [0.5, 0.6) is 0 Å². The summed E-state index contributed by atoms with van der Waals surface area (Å²) in [6.07, 6.45) is 1.80. The van der Waals surface area contributed by atoms with Crippen molar-refractivity contribution in [1.82, 2.24) is 14.9 Å². The number of carbonyl (C=O) groups is 1. The van der Waals surface area contributed by atoms with Gasteiger partial charge in [0.1, 0.15) is 5.82 Å². The molecule has 6 heteroatoms. The van der Waals surface area contributed by atoms with E-state index >= 15 is 0 Å². The zero-order chi connectivity index (χ0) is 13.9. The maximum absolute atomic E-state index is 12.3. The lowest BCUT2D eigenvalue weighted by Crippen LogP contribution is -2.49. The molecule has 0 bridgehead atoms. The molecule has 0 aromatic carbocycles. The SMILES string of the molecule is Cc1csc(C(=O)N2CCN(c3ccccn3)CC2)n1. The molecule has 0 unspecified atom stereocenters. The first-order valence-electron chi connectivity index (χ1n) is 6.61. The van der Waals surface area contributed by atoms with Gasteiger partial charge in [0.2, 0.25) is 0 Å². The number of hydrogen-bond acceptors (Lipinski definition) is 5. The van der Waals surface area contributed by atoms with Crippen LogP contribution in [-0.4, -0.2) is 47.0 Å². The van der Waals surface area contributed by atoms with E-state index in [1.54, 1.807) is 6.20 Å². The first-order chi connectivity index (χ1) is 9.74. The number of aryl methyl sites for hydroxylation is 1. The van der Waals surface area contributed by atoms with Gasteiger partial charge in [-0.25, -0.2) is 9.97 Å². The van der Waals surface area contributed by atoms with Crippen molar-refractivity contribution in [3.05, 3.63) is 40.5 Å². The molecule has 0 saturated carbocycles. The largest absolute Gasteiger partial charge is 0.353 e. The number of piperazine rings is 1. The summed E-state index contributed by atoms with van der Waals surface area (Å²) in [7, 11) is 0. The number of pyridine rings is 1. The highest BCUT2D eigenvalue weighted by atomic mass is 32.1. The lowest BCUT2D eigenvalue weighted by molar-refractivity contribution is 0.0746. The van der Waals surface area contributed by atoms with Gasteiger partial charge in [0.15, 0.2) is 5.01 Å². The summed E-state index contributed by atoms with van der Waals surface area (Å²) in [5.41, 5.74) is 0.908. The van der Waals surface area contributed by atoms with Crippen molar-refractivity contribution in [2.45, 2.75) is 6.92 Å². The Bertz CT molecular complexity index is 590. The van der Waals surface area contributed by atoms with Crippen molar-refractivity contribution >= 4 is 23.1 Å². The highest BCUT2D eigenvalue weighted by Gasteiger charge is 2.24. The predicted octanol–water partition coefficient (Wildman–Crippen LogP) is 1.81. The van der Waals surface area contributed by atoms with Crippen LogP contribution in [0.3, 0.4) is 0 Å². The Labute approximate surface area is 121 Å². The zero-order valence-corrected chi connectivity index (χ0v) is 12.1. The van der Waals surface area contributed by atoms with E-state index in [4.69, 9.17) is 0 Å². The molecule has 0 radical (unpaired) electrons. The van der Waals surface area contributed by atoms with Gasteiger partial charge in [-0.2, -0.15) is 0 Å². The Morgan fingerprint density at radius 1 is 1.25 bits per heavy atom. The third-order valence-corrected chi connectivity index (χ3v) is 4.29. The van der Waals surface area contributed by atoms with Gasteiger partial charge in [-0.15, -0.1) is 11.3 Å². The zero-order valence-electron chi connectivity index (χ0n) is 11.3. The number of anilines is 1. The second-order valence-corrected chi connectivity index (χ2v) is 5.62. The third-order valence-electron chi connectivity index (χ3n) is 3.34. The molecule has 1 amide bonds. The lowest BCUT2D eigenvalue weighted by Gasteiger charge is -2.34. The minimum Gasteiger partial charge on any atom is -0.353 e. The Balaban J connectivity index is 1.63. The highest BCUT2D eigenvalue weighted by molar-refractivity contribution is 7.11. The molecule has 2 aromatic heterocycles. The van der Waals surface area contributed by atoms with E-state index in [-0.39, 0.29) is 5.91 Å². The first-order valence-corrected chi connectivity index (χ1v) is 7.49. The minimum absolute atomic E-state index is 0.0452. The van der Waals surface area contributed by atoms with Gasteiger partial charge in [-0.1, -0.05) is 6.07 Å². The summed E-state index contributed by atoms with van der Waals surface area (Å²) in [6, 6.07) is 5.90. The maximum atomic E-state index is 12.3. The van der Waals surface area contributed by atoms with Crippen molar-refractivity contribution in [3.63, 3.8) is 0 Å². The van der Waals surface area contributed by atoms with Crippen molar-refractivity contribution < 1.29 is 4.79 Å². The summed E-state index contributed by atoms with van der Waals surface area (Å²) in [4.78, 5) is 25.0. The topological polar surface area (TPSA) is 49.3 Å². The van der Waals surface area contributed by atoms with Crippen molar-refractivity contribution in [1.29, 1.82) is 0 Å². The normalized spacial score (nSPS) is 15.4. The minimum atomic E-state index is 0.0452. The number of nitrogens with zero attached hydrogens (tertiary/aromatic N) is 4. The molecule has 1 saturated heterocycles. The van der Waals surface area contributed by atoms with Gasteiger partial charge >= 0.3 is 0 Å². The van der Waals surface area contributed by atoms with E-state index in [1.165, 1.54) is 11.3 Å². The molecule has 3 rings (SSSR count). The molecule has 1 aliphatic heterocycles. The summed E-state index contributed by atoms with van der Waals surface area (Å²) in [6.45, 7) is 4.97. The first kappa shape index (κ1) is 13.1. The van der Waals surface area contributed by atoms with Gasteiger partial charge in [-0.05, 0) is 19.1 Å². The van der Waals surface area contributed by atoms with Crippen LogP contribution in [0.2, 0.25) is 0 Å². The molecule has 2 aromatic rings. The second kappa shape index (κ2) is 5.58. The Morgan fingerprint density at radius 2 is 2.05 bits per heavy atom. The fraction of sp³-hybridized carbons (Fsp3) is 0.357. The lowest BCUT2D eigenvalue weighted by atomic mass is 10.3. The molecular weight excluding hydrogens is 272 g/mol. The number of carbonyl (C=O) groups excluding carboxylic acids is 1. The maximum Gasteiger partial charge on any atom is 0.282 e. The van der Waals surface area contributed by atoms with Gasteiger partial charge in [0, 0.05) is 43.4 Å². The van der Waals surface area contributed by atoms with E-state index in [2.05, 4.69) is 14.9 Å². The van der Waals surface area contributed by atoms with E-state index in [1.807, 2.05) is 35.4 Å². The Kier molecular flexibility index (Phi) is 3.64. The predicted molar refractivity (Wildman–Crippen MR) is 79.2 cm³/mol. The summed E-state index contributed by atoms with van der Waals surface area (Å²) < 4.78 is 0. The van der Waals surface area contributed by atoms with Crippen LogP contribution in [0.4, 0.5) is 5.82 Å². The van der Waals surface area contributed by atoms with Crippen LogP contribution >= 0.6 is 11.3 Å². The smallest absolute Gasteiger partial charge is 0.282 e. The van der Waals surface area contributed by atoms with Gasteiger partial charge in [0.25, 0.3) is 5.91 Å². The number of amides is 1. The molecule has 0 aliphatic carbocycles. The molecular formula is C14H16N4OS. The average molecular weight is 288 g/mol. The molecule has 0 N–H and O–H groups in total. The molecule has 3 heterocycles. The highest BCUT2D eigenvalue weighted by Crippen LogP contribution is 2.16. The molecule has 104 valence electrons. The summed E-state index contributed by atoms with van der Waals surface area (Å²) >= 11 is 1.42. The molecule has 0 atom stereocenters. The Hall–Kier alpha value is -1.95. The van der Waals surface area contributed by atoms with Gasteiger partial charge < -0.3 is 9.80 Å². The third kappa shape index (κ3) is 2.65. The van der Waals surface area contributed by atoms with E-state index < -0.39 is 0 Å². The van der Waals surface area contributed by atoms with Crippen LogP contribution < -0.4 is 4.90 Å². The fourth-order valence-electron chi connectivity index (χ4n) is 2.27. The molecule has 20 heavy (non-hydrogen) atoms. The fourth-order valence-corrected chi connectivity index (χ4v) is 3.03. The molecule has 0 spiro atoms. The summed E-state index contributed by atoms with van der Waals surface area (Å²) in [5.74, 6) is 1.02. The second-order valence-electron chi connectivity index (χ2n) is 4.76. The number of thiazole rings is 1. The molecule has 1 aliphatic rings.